The van der Waals surface area contributed by atoms with Gasteiger partial charge in [0.15, 0.2) is 0 Å². The molecule has 1 saturated heterocycles. The summed E-state index contributed by atoms with van der Waals surface area (Å²) in [6, 6.07) is 17.8. The SMILES string of the molecule is CC(OCC(C)(C)C)N1CCC(COC(=O)Nc2ccccc2-c2ccccc2)C1. The van der Waals surface area contributed by atoms with Gasteiger partial charge in [0.05, 0.1) is 18.9 Å². The van der Waals surface area contributed by atoms with Crippen molar-refractivity contribution in [1.29, 1.82) is 0 Å². The van der Waals surface area contributed by atoms with Crippen LogP contribution in [0.3, 0.4) is 0 Å². The average molecular weight is 411 g/mol. The van der Waals surface area contributed by atoms with Gasteiger partial charge in [0.2, 0.25) is 0 Å². The molecule has 0 spiro atoms. The van der Waals surface area contributed by atoms with Crippen molar-refractivity contribution < 1.29 is 14.3 Å². The Morgan fingerprint density at radius 2 is 1.83 bits per heavy atom. The van der Waals surface area contributed by atoms with Gasteiger partial charge in [-0.2, -0.15) is 0 Å². The monoisotopic (exact) mass is 410 g/mol. The fourth-order valence-electron chi connectivity index (χ4n) is 3.61. The maximum absolute atomic E-state index is 12.4. The third-order valence-electron chi connectivity index (χ3n) is 5.29. The van der Waals surface area contributed by atoms with Crippen LogP contribution in [0.15, 0.2) is 54.6 Å². The lowest BCUT2D eigenvalue weighted by Crippen LogP contribution is -2.35. The highest BCUT2D eigenvalue weighted by molar-refractivity contribution is 5.91. The predicted molar refractivity (Wildman–Crippen MR) is 121 cm³/mol. The van der Waals surface area contributed by atoms with Crippen LogP contribution >= 0.6 is 0 Å². The molecule has 1 amide bonds. The third-order valence-corrected chi connectivity index (χ3v) is 5.29. The summed E-state index contributed by atoms with van der Waals surface area (Å²) in [6.07, 6.45) is 0.687. The van der Waals surface area contributed by atoms with E-state index in [1.165, 1.54) is 0 Å². The van der Waals surface area contributed by atoms with Crippen LogP contribution in [-0.2, 0) is 9.47 Å². The normalized spacial score (nSPS) is 18.2. The lowest BCUT2D eigenvalue weighted by atomic mass is 9.99. The van der Waals surface area contributed by atoms with Crippen molar-refractivity contribution in [2.45, 2.75) is 40.3 Å². The first-order valence-corrected chi connectivity index (χ1v) is 10.8. The van der Waals surface area contributed by atoms with E-state index in [1.54, 1.807) is 0 Å². The van der Waals surface area contributed by atoms with Gasteiger partial charge in [-0.15, -0.1) is 0 Å². The van der Waals surface area contributed by atoms with Crippen molar-refractivity contribution in [3.8, 4) is 11.1 Å². The zero-order valence-electron chi connectivity index (χ0n) is 18.6. The molecule has 1 fully saturated rings. The largest absolute Gasteiger partial charge is 0.449 e. The third kappa shape index (κ3) is 6.57. The van der Waals surface area contributed by atoms with Gasteiger partial charge in [-0.1, -0.05) is 69.3 Å². The summed E-state index contributed by atoms with van der Waals surface area (Å²) < 4.78 is 11.5. The number of hydrogen-bond donors (Lipinski definition) is 1. The van der Waals surface area contributed by atoms with Gasteiger partial charge in [0.25, 0.3) is 0 Å². The Hall–Kier alpha value is -2.37. The minimum atomic E-state index is -0.408. The number of amides is 1. The summed E-state index contributed by atoms with van der Waals surface area (Å²) in [7, 11) is 0. The van der Waals surface area contributed by atoms with E-state index in [9.17, 15) is 4.79 Å². The zero-order chi connectivity index (χ0) is 21.6. The minimum absolute atomic E-state index is 0.0841. The summed E-state index contributed by atoms with van der Waals surface area (Å²) in [5.74, 6) is 0.334. The molecule has 1 aliphatic rings. The number of benzene rings is 2. The maximum atomic E-state index is 12.4. The van der Waals surface area contributed by atoms with Gasteiger partial charge in [-0.3, -0.25) is 10.2 Å². The average Bonchev–Trinajstić information content (AvgIpc) is 3.20. The molecular formula is C25H34N2O3. The number of likely N-dealkylation sites (tertiary alicyclic amines) is 1. The molecule has 3 rings (SSSR count). The van der Waals surface area contributed by atoms with E-state index < -0.39 is 6.09 Å². The Morgan fingerprint density at radius 1 is 1.13 bits per heavy atom. The maximum Gasteiger partial charge on any atom is 0.411 e. The smallest absolute Gasteiger partial charge is 0.411 e. The van der Waals surface area contributed by atoms with E-state index >= 15 is 0 Å². The van der Waals surface area contributed by atoms with Crippen LogP contribution in [0.1, 0.15) is 34.1 Å². The highest BCUT2D eigenvalue weighted by Crippen LogP contribution is 2.28. The van der Waals surface area contributed by atoms with Crippen molar-refractivity contribution >= 4 is 11.8 Å². The van der Waals surface area contributed by atoms with Gasteiger partial charge in [-0.05, 0) is 30.4 Å². The number of ether oxygens (including phenoxy) is 2. The summed E-state index contributed by atoms with van der Waals surface area (Å²) >= 11 is 0. The number of nitrogens with one attached hydrogen (secondary N) is 1. The summed E-state index contributed by atoms with van der Waals surface area (Å²) in [5, 5.41) is 2.90. The Kier molecular flexibility index (Phi) is 7.51. The van der Waals surface area contributed by atoms with Gasteiger partial charge in [-0.25, -0.2) is 4.79 Å². The Morgan fingerprint density at radius 3 is 2.57 bits per heavy atom. The molecular weight excluding hydrogens is 376 g/mol. The second-order valence-corrected chi connectivity index (χ2v) is 9.26. The molecule has 0 saturated carbocycles. The number of para-hydroxylation sites is 1. The van der Waals surface area contributed by atoms with Crippen LogP contribution in [0.25, 0.3) is 11.1 Å². The Balaban J connectivity index is 1.47. The molecule has 1 aliphatic heterocycles. The summed E-state index contributed by atoms with van der Waals surface area (Å²) in [5.41, 5.74) is 2.95. The van der Waals surface area contributed by atoms with E-state index in [-0.39, 0.29) is 11.6 Å². The van der Waals surface area contributed by atoms with E-state index in [4.69, 9.17) is 9.47 Å². The quantitative estimate of drug-likeness (QED) is 0.642. The first-order valence-electron chi connectivity index (χ1n) is 10.8. The molecule has 162 valence electrons. The first-order chi connectivity index (χ1) is 14.3. The summed E-state index contributed by atoms with van der Waals surface area (Å²) in [6.45, 7) is 11.6. The fraction of sp³-hybridized carbons (Fsp3) is 0.480. The number of hydrogen-bond acceptors (Lipinski definition) is 4. The second-order valence-electron chi connectivity index (χ2n) is 9.26. The first kappa shape index (κ1) is 22.3. The molecule has 0 radical (unpaired) electrons. The van der Waals surface area contributed by atoms with Crippen molar-refractivity contribution in [3.63, 3.8) is 0 Å². The van der Waals surface area contributed by atoms with Crippen molar-refractivity contribution in [3.05, 3.63) is 54.6 Å². The highest BCUT2D eigenvalue weighted by Gasteiger charge is 2.28. The molecule has 0 aliphatic carbocycles. The molecule has 2 atom stereocenters. The molecule has 2 unspecified atom stereocenters. The number of anilines is 1. The van der Waals surface area contributed by atoms with E-state index in [0.717, 1.165) is 42.9 Å². The number of nitrogens with zero attached hydrogens (tertiary/aromatic N) is 1. The molecule has 5 heteroatoms. The van der Waals surface area contributed by atoms with Gasteiger partial charge in [0, 0.05) is 24.6 Å². The van der Waals surface area contributed by atoms with Crippen LogP contribution in [0.2, 0.25) is 0 Å². The van der Waals surface area contributed by atoms with E-state index in [1.807, 2.05) is 54.6 Å². The zero-order valence-corrected chi connectivity index (χ0v) is 18.6. The molecule has 30 heavy (non-hydrogen) atoms. The second kappa shape index (κ2) is 10.1. The Labute approximate surface area is 180 Å². The fourth-order valence-corrected chi connectivity index (χ4v) is 3.61. The number of rotatable bonds is 7. The molecule has 5 nitrogen and oxygen atoms in total. The van der Waals surface area contributed by atoms with E-state index in [2.05, 4.69) is 37.9 Å². The standard InChI is InChI=1S/C25H34N2O3/c1-19(30-18-25(2,3)4)27-15-14-20(16-27)17-29-24(28)26-23-13-9-8-12-22(23)21-10-6-5-7-11-21/h5-13,19-20H,14-18H2,1-4H3,(H,26,28). The van der Waals surface area contributed by atoms with Crippen LogP contribution in [0.5, 0.6) is 0 Å². The Bertz CT molecular complexity index is 817. The molecule has 1 N–H and O–H groups in total. The molecule has 0 aromatic heterocycles. The van der Waals surface area contributed by atoms with Crippen LogP contribution in [0.4, 0.5) is 10.5 Å². The van der Waals surface area contributed by atoms with Crippen LogP contribution < -0.4 is 5.32 Å². The van der Waals surface area contributed by atoms with Crippen molar-refractivity contribution in [2.24, 2.45) is 11.3 Å². The molecule has 2 aromatic carbocycles. The van der Waals surface area contributed by atoms with Gasteiger partial charge in [0.1, 0.15) is 6.23 Å². The minimum Gasteiger partial charge on any atom is -0.449 e. The number of carbonyl (C=O) groups is 1. The molecule has 2 aromatic rings. The van der Waals surface area contributed by atoms with Gasteiger partial charge >= 0.3 is 6.09 Å². The topological polar surface area (TPSA) is 50.8 Å². The highest BCUT2D eigenvalue weighted by atomic mass is 16.5. The lowest BCUT2D eigenvalue weighted by molar-refractivity contribution is -0.0643. The number of carbonyl (C=O) groups excluding carboxylic acids is 1. The lowest BCUT2D eigenvalue weighted by Gasteiger charge is -2.28. The van der Waals surface area contributed by atoms with Crippen LogP contribution in [-0.4, -0.2) is 43.5 Å². The van der Waals surface area contributed by atoms with Crippen LogP contribution in [0, 0.1) is 11.3 Å². The molecule has 0 bridgehead atoms. The predicted octanol–water partition coefficient (Wildman–Crippen LogP) is 5.63. The molecule has 1 heterocycles. The van der Waals surface area contributed by atoms with E-state index in [0.29, 0.717) is 12.5 Å². The van der Waals surface area contributed by atoms with Gasteiger partial charge < -0.3 is 9.47 Å². The van der Waals surface area contributed by atoms with Crippen molar-refractivity contribution in [1.82, 2.24) is 4.90 Å². The summed E-state index contributed by atoms with van der Waals surface area (Å²) in [4.78, 5) is 14.7. The van der Waals surface area contributed by atoms with Crippen molar-refractivity contribution in [2.75, 3.05) is 31.6 Å².